The van der Waals surface area contributed by atoms with Crippen LogP contribution in [0, 0.1) is 11.8 Å². The molecule has 3 rings (SSSR count). The van der Waals surface area contributed by atoms with Crippen LogP contribution in [0.5, 0.6) is 0 Å². The number of likely N-dealkylation sites (tertiary alicyclic amines) is 1. The molecule has 2 saturated heterocycles. The molecule has 2 amide bonds. The summed E-state index contributed by atoms with van der Waals surface area (Å²) in [6.07, 6.45) is 2.42. The summed E-state index contributed by atoms with van der Waals surface area (Å²) in [5, 5.41) is 2.49. The molecule has 0 bridgehead atoms. The molecule has 0 unspecified atom stereocenters. The third kappa shape index (κ3) is 3.26. The van der Waals surface area contributed by atoms with Crippen LogP contribution in [0.1, 0.15) is 24.9 Å². The minimum absolute atomic E-state index is 0.231. The molecule has 0 radical (unpaired) electrons. The van der Waals surface area contributed by atoms with Crippen molar-refractivity contribution in [2.45, 2.75) is 24.9 Å². The highest BCUT2D eigenvalue weighted by atomic mass is 35.5. The number of nitrogens with two attached hydrogens (primary N) is 1. The number of ether oxygens (including phenoxy) is 1. The number of carbonyl (C=O) groups excluding carboxylic acids is 3. The number of quaternary nitrogens is 1. The predicted molar refractivity (Wildman–Crippen MR) is 103 cm³/mol. The van der Waals surface area contributed by atoms with E-state index in [2.05, 4.69) is 0 Å². The highest BCUT2D eigenvalue weighted by molar-refractivity contribution is 7.98. The molecule has 27 heavy (non-hydrogen) atoms. The van der Waals surface area contributed by atoms with Gasteiger partial charge in [-0.3, -0.25) is 14.5 Å². The van der Waals surface area contributed by atoms with Gasteiger partial charge in [-0.2, -0.15) is 11.8 Å². The zero-order chi connectivity index (χ0) is 19.8. The van der Waals surface area contributed by atoms with Gasteiger partial charge in [0, 0.05) is 24.1 Å². The van der Waals surface area contributed by atoms with Gasteiger partial charge < -0.3 is 10.1 Å². The molecule has 146 valence electrons. The molecular formula is C19H24ClN2O4S+. The maximum atomic E-state index is 13.0. The summed E-state index contributed by atoms with van der Waals surface area (Å²) in [4.78, 5) is 40.1. The van der Waals surface area contributed by atoms with Gasteiger partial charge in [-0.25, -0.2) is 4.79 Å². The molecule has 0 spiro atoms. The highest BCUT2D eigenvalue weighted by Gasteiger charge is 2.71. The molecule has 0 aromatic heterocycles. The number of thioether (sulfide) groups is 1. The van der Waals surface area contributed by atoms with Crippen LogP contribution in [0.15, 0.2) is 24.3 Å². The van der Waals surface area contributed by atoms with Gasteiger partial charge in [0.15, 0.2) is 0 Å². The predicted octanol–water partition coefficient (Wildman–Crippen LogP) is 1.24. The number of amides is 2. The van der Waals surface area contributed by atoms with Crippen molar-refractivity contribution >= 4 is 41.1 Å². The first-order valence-electron chi connectivity index (χ1n) is 8.96. The quantitative estimate of drug-likeness (QED) is 0.562. The van der Waals surface area contributed by atoms with Crippen LogP contribution in [0.4, 0.5) is 0 Å². The van der Waals surface area contributed by atoms with Crippen molar-refractivity contribution in [3.8, 4) is 0 Å². The van der Waals surface area contributed by atoms with Crippen LogP contribution < -0.4 is 5.32 Å². The van der Waals surface area contributed by atoms with Gasteiger partial charge in [0.1, 0.15) is 17.9 Å². The largest absolute Gasteiger partial charge is 0.461 e. The number of imide groups is 1. The third-order valence-corrected chi connectivity index (χ3v) is 6.48. The fourth-order valence-electron chi connectivity index (χ4n) is 4.33. The number of fused-ring (bicyclic) bond motifs is 1. The third-order valence-electron chi connectivity index (χ3n) is 5.62. The lowest BCUT2D eigenvalue weighted by Gasteiger charge is -2.29. The molecule has 6 nitrogen and oxygen atoms in total. The molecule has 2 N–H and O–H groups in total. The summed E-state index contributed by atoms with van der Waals surface area (Å²) in [6.45, 7) is 1.98. The molecule has 4 atom stereocenters. The summed E-state index contributed by atoms with van der Waals surface area (Å²) in [7, 11) is 1.49. The van der Waals surface area contributed by atoms with Crippen molar-refractivity contribution in [2.24, 2.45) is 11.8 Å². The summed E-state index contributed by atoms with van der Waals surface area (Å²) in [6, 6.07) is 6.90. The fraction of sp³-hybridized carbons (Fsp3) is 0.526. The van der Waals surface area contributed by atoms with Crippen LogP contribution in [0.3, 0.4) is 0 Å². The monoisotopic (exact) mass is 411 g/mol. The van der Waals surface area contributed by atoms with Crippen LogP contribution in [-0.2, 0) is 19.1 Å². The van der Waals surface area contributed by atoms with E-state index < -0.39 is 23.3 Å². The molecule has 2 aliphatic heterocycles. The Kier molecular flexibility index (Phi) is 5.84. The summed E-state index contributed by atoms with van der Waals surface area (Å²) >= 11 is 7.61. The number of rotatable bonds is 6. The van der Waals surface area contributed by atoms with Crippen LogP contribution in [-0.4, -0.2) is 53.9 Å². The summed E-state index contributed by atoms with van der Waals surface area (Å²) in [5.74, 6) is -1.57. The Balaban J connectivity index is 2.10. The maximum absolute atomic E-state index is 13.0. The van der Waals surface area contributed by atoms with E-state index in [1.165, 1.54) is 7.05 Å². The van der Waals surface area contributed by atoms with Gasteiger partial charge in [-0.1, -0.05) is 23.7 Å². The van der Waals surface area contributed by atoms with Crippen LogP contribution >= 0.6 is 23.4 Å². The topological polar surface area (TPSA) is 80.3 Å². The first-order valence-corrected chi connectivity index (χ1v) is 10.7. The Morgan fingerprint density at radius 2 is 1.96 bits per heavy atom. The van der Waals surface area contributed by atoms with E-state index in [1.807, 2.05) is 23.7 Å². The van der Waals surface area contributed by atoms with E-state index in [1.54, 1.807) is 30.8 Å². The highest BCUT2D eigenvalue weighted by Crippen LogP contribution is 2.45. The number of nitrogens with zero attached hydrogens (tertiary/aromatic N) is 1. The molecule has 0 aliphatic carbocycles. The Morgan fingerprint density at radius 1 is 1.30 bits per heavy atom. The maximum Gasteiger partial charge on any atom is 0.368 e. The minimum Gasteiger partial charge on any atom is -0.461 e. The molecule has 1 aromatic carbocycles. The van der Waals surface area contributed by atoms with Gasteiger partial charge in [-0.05, 0) is 31.1 Å². The normalized spacial score (nSPS) is 29.9. The Bertz CT molecular complexity index is 757. The van der Waals surface area contributed by atoms with E-state index in [9.17, 15) is 14.4 Å². The second kappa shape index (κ2) is 7.81. The van der Waals surface area contributed by atoms with Crippen molar-refractivity contribution in [1.29, 1.82) is 0 Å². The van der Waals surface area contributed by atoms with E-state index >= 15 is 0 Å². The zero-order valence-electron chi connectivity index (χ0n) is 15.6. The van der Waals surface area contributed by atoms with Crippen LogP contribution in [0.25, 0.3) is 0 Å². The Labute approximate surface area is 167 Å². The zero-order valence-corrected chi connectivity index (χ0v) is 17.2. The molecule has 0 saturated carbocycles. The Hall–Kier alpha value is -1.57. The van der Waals surface area contributed by atoms with Crippen molar-refractivity contribution in [3.63, 3.8) is 0 Å². The lowest BCUT2D eigenvalue weighted by Crippen LogP contribution is -2.98. The van der Waals surface area contributed by atoms with Gasteiger partial charge in [-0.15, -0.1) is 0 Å². The van der Waals surface area contributed by atoms with E-state index in [0.717, 1.165) is 10.5 Å². The van der Waals surface area contributed by atoms with Gasteiger partial charge in [0.2, 0.25) is 17.4 Å². The minimum atomic E-state index is -1.09. The van der Waals surface area contributed by atoms with Crippen LogP contribution in [0.2, 0.25) is 5.02 Å². The molecule has 2 aliphatic rings. The first kappa shape index (κ1) is 20.2. The number of halogens is 1. The van der Waals surface area contributed by atoms with E-state index in [0.29, 0.717) is 17.2 Å². The number of esters is 1. The fourth-order valence-corrected chi connectivity index (χ4v) is 5.00. The lowest BCUT2D eigenvalue weighted by molar-refractivity contribution is -0.734. The van der Waals surface area contributed by atoms with Crippen molar-refractivity contribution in [1.82, 2.24) is 4.90 Å². The number of benzene rings is 1. The summed E-state index contributed by atoms with van der Waals surface area (Å²) in [5.41, 5.74) is -0.216. The molecule has 1 aromatic rings. The second-order valence-corrected chi connectivity index (χ2v) is 8.41. The van der Waals surface area contributed by atoms with Gasteiger partial charge in [0.25, 0.3) is 0 Å². The van der Waals surface area contributed by atoms with E-state index in [-0.39, 0.29) is 24.5 Å². The molecular weight excluding hydrogens is 388 g/mol. The smallest absolute Gasteiger partial charge is 0.368 e. The van der Waals surface area contributed by atoms with Crippen molar-refractivity contribution in [2.75, 3.05) is 25.7 Å². The SMILES string of the molecule is CCOC(=O)[C@@]1(CCSC)[NH2+][C@@H](c2ccc(Cl)cc2)[C@H]2C(=O)N(C)C(=O)[C@H]21. The van der Waals surface area contributed by atoms with Crippen molar-refractivity contribution in [3.05, 3.63) is 34.9 Å². The second-order valence-electron chi connectivity index (χ2n) is 6.99. The standard InChI is InChI=1S/C19H23ClN2O4S/c1-4-26-18(25)19(9-10-27-3)14-13(16(23)22(2)17(14)24)15(21-19)11-5-7-12(20)8-6-11/h5-8,13-15,21H,4,9-10H2,1-3H3/p+1/t13-,14-,15-,19-/m0/s1. The van der Waals surface area contributed by atoms with Gasteiger partial charge in [0.05, 0.1) is 6.61 Å². The van der Waals surface area contributed by atoms with Gasteiger partial charge >= 0.3 is 5.97 Å². The number of carbonyl (C=O) groups is 3. The summed E-state index contributed by atoms with van der Waals surface area (Å²) < 4.78 is 5.37. The molecule has 8 heteroatoms. The number of hydrogen-bond donors (Lipinski definition) is 1. The lowest BCUT2D eigenvalue weighted by atomic mass is 9.78. The average molecular weight is 412 g/mol. The van der Waals surface area contributed by atoms with Crippen molar-refractivity contribution < 1.29 is 24.4 Å². The average Bonchev–Trinajstić information content (AvgIpc) is 3.11. The Morgan fingerprint density at radius 3 is 2.56 bits per heavy atom. The number of hydrogen-bond acceptors (Lipinski definition) is 5. The molecule has 2 heterocycles. The van der Waals surface area contributed by atoms with E-state index in [4.69, 9.17) is 16.3 Å². The first-order chi connectivity index (χ1) is 12.9. The molecule has 2 fully saturated rings.